The Balaban J connectivity index is 4.20. The molecule has 0 bridgehead atoms. The SMILES string of the molecule is CC/C=C\C/C=C\C/C=C\C/C=C\C/C=C\C/C=C\C/C=C\C/C=C\C/C=C\CCCCCCCC(=O)OC(COC(=O)CCCCCCCCCCCCCCC/C=C\C/C=C\CCCCCCC)COP(=O)([O-])OCC[N+](C)(C)C. The Bertz CT molecular complexity index is 1850. The smallest absolute Gasteiger partial charge is 0.306 e. The molecule has 2 atom stereocenters. The molecule has 0 aromatic rings. The Morgan fingerprint density at radius 3 is 1.04 bits per heavy atom. The van der Waals surface area contributed by atoms with E-state index < -0.39 is 32.5 Å². The van der Waals surface area contributed by atoms with Gasteiger partial charge in [-0.25, -0.2) is 0 Å². The van der Waals surface area contributed by atoms with Crippen molar-refractivity contribution in [3.05, 3.63) is 134 Å². The zero-order valence-corrected chi connectivity index (χ0v) is 54.0. The quantitative estimate of drug-likeness (QED) is 0.0195. The van der Waals surface area contributed by atoms with Crippen molar-refractivity contribution in [2.75, 3.05) is 47.5 Å². The van der Waals surface area contributed by atoms with Crippen LogP contribution in [0.3, 0.4) is 0 Å². The van der Waals surface area contributed by atoms with Crippen LogP contribution in [0.2, 0.25) is 0 Å². The minimum atomic E-state index is -4.66. The van der Waals surface area contributed by atoms with E-state index in [1.54, 1.807) is 0 Å². The third kappa shape index (κ3) is 65.3. The highest BCUT2D eigenvalue weighted by atomic mass is 31.2. The molecule has 10 heteroatoms. The summed E-state index contributed by atoms with van der Waals surface area (Å²) in [5, 5.41) is 0. The van der Waals surface area contributed by atoms with Crippen LogP contribution in [-0.2, 0) is 32.7 Å². The maximum Gasteiger partial charge on any atom is 0.306 e. The molecule has 0 N–H and O–H groups in total. The van der Waals surface area contributed by atoms with Crippen molar-refractivity contribution in [2.45, 2.75) is 264 Å². The van der Waals surface area contributed by atoms with Crippen LogP contribution in [0.5, 0.6) is 0 Å². The molecule has 0 aliphatic heterocycles. The van der Waals surface area contributed by atoms with Gasteiger partial charge in [-0.3, -0.25) is 14.2 Å². The van der Waals surface area contributed by atoms with Gasteiger partial charge in [-0.1, -0.05) is 263 Å². The fourth-order valence-electron chi connectivity index (χ4n) is 8.62. The molecule has 0 fully saturated rings. The van der Waals surface area contributed by atoms with E-state index in [1.807, 2.05) is 21.1 Å². The van der Waals surface area contributed by atoms with Crippen LogP contribution in [0.25, 0.3) is 0 Å². The standard InChI is InChI=1S/C72H122NO8P/c1-6-8-10-12-14-16-18-20-22-24-26-28-30-32-33-34-35-36-37-38-39-41-43-45-47-49-51-53-55-57-59-61-63-65-72(75)81-70(69-80-82(76,77)79-67-66-73(3,4)5)68-78-71(74)64-62-60-58-56-54-52-50-48-46-44-42-40-31-29-27-25-23-21-19-17-15-13-11-9-7-2/h8,10,14,16,19-22,25-28,32-33,35-36,38-39,43,45,49,51,70H,6-7,9,11-13,15,17-18,23-24,29-31,34,37,40-42,44,46-48,50,52-69H2,1-5H3/b10-8-,16-14-,21-19-,22-20-,27-25-,28-26-,33-32-,36-35-,39-38-,45-43-,51-49-. The summed E-state index contributed by atoms with van der Waals surface area (Å²) in [6.07, 6.45) is 89.4. The summed E-state index contributed by atoms with van der Waals surface area (Å²) < 4.78 is 34.2. The molecule has 0 rings (SSSR count). The number of hydrogen-bond acceptors (Lipinski definition) is 8. The molecule has 9 nitrogen and oxygen atoms in total. The van der Waals surface area contributed by atoms with E-state index in [4.69, 9.17) is 18.5 Å². The van der Waals surface area contributed by atoms with Crippen molar-refractivity contribution in [2.24, 2.45) is 0 Å². The third-order valence-corrected chi connectivity index (χ3v) is 14.6. The van der Waals surface area contributed by atoms with Crippen molar-refractivity contribution in [3.63, 3.8) is 0 Å². The molecule has 82 heavy (non-hydrogen) atoms. The number of ether oxygens (including phenoxy) is 2. The number of likely N-dealkylation sites (N-methyl/N-ethyl adjacent to an activating group) is 1. The van der Waals surface area contributed by atoms with Crippen molar-refractivity contribution >= 4 is 19.8 Å². The Hall–Kier alpha value is -3.85. The molecule has 0 saturated carbocycles. The Morgan fingerprint density at radius 2 is 0.695 bits per heavy atom. The Kier molecular flexibility index (Phi) is 58.8. The second kappa shape index (κ2) is 61.7. The third-order valence-electron chi connectivity index (χ3n) is 13.7. The minimum Gasteiger partial charge on any atom is -0.756 e. The fraction of sp³-hybridized carbons (Fsp3) is 0.667. The van der Waals surface area contributed by atoms with Gasteiger partial charge in [0.25, 0.3) is 7.82 Å². The molecule has 0 aromatic heterocycles. The first kappa shape index (κ1) is 78.1. The van der Waals surface area contributed by atoms with Gasteiger partial charge < -0.3 is 27.9 Å². The monoisotopic (exact) mass is 1160 g/mol. The average molecular weight is 1160 g/mol. The lowest BCUT2D eigenvalue weighted by atomic mass is 10.0. The number of carbonyl (C=O) groups is 2. The van der Waals surface area contributed by atoms with E-state index in [9.17, 15) is 19.0 Å². The molecule has 0 amide bonds. The molecule has 0 saturated heterocycles. The van der Waals surface area contributed by atoms with E-state index >= 15 is 0 Å². The summed E-state index contributed by atoms with van der Waals surface area (Å²) in [4.78, 5) is 38.0. The first-order valence-electron chi connectivity index (χ1n) is 32.9. The predicted octanol–water partition coefficient (Wildman–Crippen LogP) is 20.6. The summed E-state index contributed by atoms with van der Waals surface area (Å²) in [6.45, 7) is 4.09. The molecule has 468 valence electrons. The fourth-order valence-corrected chi connectivity index (χ4v) is 9.35. The second-order valence-corrected chi connectivity index (χ2v) is 24.2. The van der Waals surface area contributed by atoms with Crippen LogP contribution < -0.4 is 4.89 Å². The van der Waals surface area contributed by atoms with Crippen molar-refractivity contribution in [1.29, 1.82) is 0 Å². The van der Waals surface area contributed by atoms with E-state index in [0.717, 1.165) is 116 Å². The minimum absolute atomic E-state index is 0.0418. The number of esters is 2. The number of quaternary nitrogens is 1. The van der Waals surface area contributed by atoms with Crippen LogP contribution in [0.15, 0.2) is 134 Å². The molecular weight excluding hydrogens is 1040 g/mol. The van der Waals surface area contributed by atoms with E-state index in [1.165, 1.54) is 109 Å². The van der Waals surface area contributed by atoms with Crippen molar-refractivity contribution < 1.29 is 42.1 Å². The molecule has 0 aliphatic carbocycles. The summed E-state index contributed by atoms with van der Waals surface area (Å²) in [5.41, 5.74) is 0. The van der Waals surface area contributed by atoms with Gasteiger partial charge in [-0.15, -0.1) is 0 Å². The highest BCUT2D eigenvalue weighted by Gasteiger charge is 2.22. The molecule has 0 radical (unpaired) electrons. The summed E-state index contributed by atoms with van der Waals surface area (Å²) in [5.74, 6) is -0.861. The van der Waals surface area contributed by atoms with Crippen molar-refractivity contribution in [3.8, 4) is 0 Å². The van der Waals surface area contributed by atoms with Gasteiger partial charge in [-0.2, -0.15) is 0 Å². The lowest BCUT2D eigenvalue weighted by Crippen LogP contribution is -2.37. The number of carbonyl (C=O) groups excluding carboxylic acids is 2. The summed E-state index contributed by atoms with van der Waals surface area (Å²) >= 11 is 0. The van der Waals surface area contributed by atoms with Gasteiger partial charge in [0.1, 0.15) is 19.8 Å². The van der Waals surface area contributed by atoms with E-state index in [0.29, 0.717) is 17.4 Å². The van der Waals surface area contributed by atoms with E-state index in [2.05, 4.69) is 148 Å². The topological polar surface area (TPSA) is 111 Å². The number of rotatable bonds is 59. The van der Waals surface area contributed by atoms with Crippen LogP contribution in [0, 0.1) is 0 Å². The van der Waals surface area contributed by atoms with Crippen LogP contribution >= 0.6 is 7.82 Å². The van der Waals surface area contributed by atoms with Crippen LogP contribution in [0.1, 0.15) is 258 Å². The van der Waals surface area contributed by atoms with Gasteiger partial charge in [0.15, 0.2) is 6.10 Å². The normalized spacial score (nSPS) is 14.1. The number of allylic oxidation sites excluding steroid dienone is 22. The lowest BCUT2D eigenvalue weighted by molar-refractivity contribution is -0.870. The first-order chi connectivity index (χ1) is 40.0. The maximum atomic E-state index is 12.8. The maximum absolute atomic E-state index is 12.8. The first-order valence-corrected chi connectivity index (χ1v) is 34.4. The van der Waals surface area contributed by atoms with Gasteiger partial charge in [-0.05, 0) is 116 Å². The zero-order chi connectivity index (χ0) is 59.8. The van der Waals surface area contributed by atoms with Crippen molar-refractivity contribution in [1.82, 2.24) is 0 Å². The zero-order valence-electron chi connectivity index (χ0n) is 53.1. The number of hydrogen-bond donors (Lipinski definition) is 0. The van der Waals surface area contributed by atoms with E-state index in [-0.39, 0.29) is 26.1 Å². The summed E-state index contributed by atoms with van der Waals surface area (Å²) in [6, 6.07) is 0. The molecular formula is C72H122NO8P. The predicted molar refractivity (Wildman–Crippen MR) is 351 cm³/mol. The van der Waals surface area contributed by atoms with Crippen LogP contribution in [0.4, 0.5) is 0 Å². The molecule has 0 aromatic carbocycles. The lowest BCUT2D eigenvalue weighted by Gasteiger charge is -2.28. The van der Waals surface area contributed by atoms with Gasteiger partial charge in [0.2, 0.25) is 0 Å². The average Bonchev–Trinajstić information content (AvgIpc) is 3.46. The molecule has 0 heterocycles. The number of phosphoric acid groups is 1. The second-order valence-electron chi connectivity index (χ2n) is 22.7. The number of unbranched alkanes of at least 4 members (excludes halogenated alkanes) is 23. The van der Waals surface area contributed by atoms with Gasteiger partial charge in [0.05, 0.1) is 27.7 Å². The van der Waals surface area contributed by atoms with Crippen LogP contribution in [-0.4, -0.2) is 70.0 Å². The molecule has 0 aliphatic rings. The van der Waals surface area contributed by atoms with Gasteiger partial charge in [0, 0.05) is 12.8 Å². The van der Waals surface area contributed by atoms with Gasteiger partial charge >= 0.3 is 11.9 Å². The number of nitrogens with zero attached hydrogens (tertiary/aromatic N) is 1. The summed E-state index contributed by atoms with van der Waals surface area (Å²) in [7, 11) is 1.14. The highest BCUT2D eigenvalue weighted by Crippen LogP contribution is 2.38. The Morgan fingerprint density at radius 1 is 0.390 bits per heavy atom. The Labute approximate surface area is 504 Å². The molecule has 0 spiro atoms. The number of phosphoric ester groups is 1. The highest BCUT2D eigenvalue weighted by molar-refractivity contribution is 7.45. The molecule has 2 unspecified atom stereocenters. The largest absolute Gasteiger partial charge is 0.756 e.